The van der Waals surface area contributed by atoms with Crippen molar-refractivity contribution in [3.05, 3.63) is 29.6 Å². The first-order chi connectivity index (χ1) is 10.1. The van der Waals surface area contributed by atoms with Crippen LogP contribution in [0.5, 0.6) is 5.75 Å². The van der Waals surface area contributed by atoms with Gasteiger partial charge in [0.1, 0.15) is 11.6 Å². The third-order valence-corrected chi connectivity index (χ3v) is 3.38. The molecule has 0 radical (unpaired) electrons. The number of rotatable bonds is 6. The highest BCUT2D eigenvalue weighted by atomic mass is 35.5. The fourth-order valence-electron chi connectivity index (χ4n) is 1.48. The van der Waals surface area contributed by atoms with Gasteiger partial charge >= 0.3 is 5.97 Å². The molecule has 0 saturated carbocycles. The molecule has 0 spiro atoms. The third kappa shape index (κ3) is 4.44. The van der Waals surface area contributed by atoms with E-state index in [9.17, 15) is 9.59 Å². The smallest absolute Gasteiger partial charge is 0.341 e. The van der Waals surface area contributed by atoms with E-state index in [2.05, 4.69) is 10.3 Å². The Morgan fingerprint density at radius 1 is 1.33 bits per heavy atom. The molecule has 2 aromatic rings. The minimum Gasteiger partial charge on any atom is -0.482 e. The van der Waals surface area contributed by atoms with Gasteiger partial charge in [0.25, 0.3) is 0 Å². The quantitative estimate of drug-likeness (QED) is 0.796. The number of carbonyl (C=O) groups excluding carboxylic acids is 1. The molecule has 2 rings (SSSR count). The zero-order valence-electron chi connectivity index (χ0n) is 10.7. The van der Waals surface area contributed by atoms with Crippen molar-refractivity contribution in [3.8, 4) is 17.0 Å². The zero-order valence-corrected chi connectivity index (χ0v) is 12.3. The van der Waals surface area contributed by atoms with Crippen molar-refractivity contribution in [3.63, 3.8) is 0 Å². The molecule has 0 unspecified atom stereocenters. The highest BCUT2D eigenvalue weighted by Gasteiger charge is 2.07. The van der Waals surface area contributed by atoms with E-state index in [1.54, 1.807) is 29.6 Å². The van der Waals surface area contributed by atoms with Gasteiger partial charge in [-0.1, -0.05) is 0 Å². The minimum absolute atomic E-state index is 0.121. The molecule has 0 aliphatic carbocycles. The van der Waals surface area contributed by atoms with Gasteiger partial charge in [-0.05, 0) is 24.3 Å². The number of aliphatic carboxylic acids is 1. The Kier molecular flexibility index (Phi) is 5.13. The average Bonchev–Trinajstić information content (AvgIpc) is 2.94. The summed E-state index contributed by atoms with van der Waals surface area (Å²) >= 11 is 6.70. The number of thiazole rings is 1. The number of benzene rings is 1. The molecule has 6 nitrogen and oxygen atoms in total. The Morgan fingerprint density at radius 2 is 2.05 bits per heavy atom. The van der Waals surface area contributed by atoms with E-state index >= 15 is 0 Å². The first-order valence-electron chi connectivity index (χ1n) is 5.85. The van der Waals surface area contributed by atoms with E-state index in [4.69, 9.17) is 21.4 Å². The molecule has 0 aliphatic heterocycles. The van der Waals surface area contributed by atoms with Crippen LogP contribution in [0, 0.1) is 0 Å². The molecule has 0 bridgehead atoms. The number of amides is 1. The number of aromatic nitrogens is 1. The van der Waals surface area contributed by atoms with Crippen molar-refractivity contribution in [1.82, 2.24) is 4.98 Å². The normalized spacial score (nSPS) is 10.1. The standard InChI is InChI=1S/C13H11ClN2O4S/c14-5-11(17)16-13-15-10(7-21-13)8-1-3-9(4-2-8)20-6-12(18)19/h1-4,7H,5-6H2,(H,18,19)(H,15,16,17). The summed E-state index contributed by atoms with van der Waals surface area (Å²) in [6.07, 6.45) is 0. The monoisotopic (exact) mass is 326 g/mol. The van der Waals surface area contributed by atoms with Crippen LogP contribution in [-0.4, -0.2) is 34.5 Å². The number of nitrogens with zero attached hydrogens (tertiary/aromatic N) is 1. The van der Waals surface area contributed by atoms with Crippen molar-refractivity contribution in [2.24, 2.45) is 0 Å². The predicted octanol–water partition coefficient (Wildman–Crippen LogP) is 2.45. The Morgan fingerprint density at radius 3 is 2.67 bits per heavy atom. The van der Waals surface area contributed by atoms with Gasteiger partial charge in [0, 0.05) is 10.9 Å². The first-order valence-corrected chi connectivity index (χ1v) is 7.26. The maximum absolute atomic E-state index is 11.2. The van der Waals surface area contributed by atoms with Crippen LogP contribution in [0.25, 0.3) is 11.3 Å². The summed E-state index contributed by atoms with van der Waals surface area (Å²) in [5.74, 6) is -0.995. The molecular formula is C13H11ClN2O4S. The Bertz CT molecular complexity index is 642. The summed E-state index contributed by atoms with van der Waals surface area (Å²) in [5.41, 5.74) is 1.54. The van der Waals surface area contributed by atoms with E-state index in [1.807, 2.05) is 0 Å². The molecule has 110 valence electrons. The van der Waals surface area contributed by atoms with Gasteiger partial charge in [-0.15, -0.1) is 22.9 Å². The Balaban J connectivity index is 2.05. The number of anilines is 1. The van der Waals surface area contributed by atoms with Crippen molar-refractivity contribution in [2.45, 2.75) is 0 Å². The van der Waals surface area contributed by atoms with Gasteiger partial charge in [-0.2, -0.15) is 0 Å². The summed E-state index contributed by atoms with van der Waals surface area (Å²) in [7, 11) is 0. The number of carboxylic acids is 1. The molecule has 1 aromatic heterocycles. The molecule has 0 atom stereocenters. The molecule has 0 saturated heterocycles. The van der Waals surface area contributed by atoms with Crippen LogP contribution >= 0.6 is 22.9 Å². The number of hydrogen-bond donors (Lipinski definition) is 2. The minimum atomic E-state index is -1.03. The lowest BCUT2D eigenvalue weighted by molar-refractivity contribution is -0.139. The van der Waals surface area contributed by atoms with E-state index in [0.29, 0.717) is 16.6 Å². The van der Waals surface area contributed by atoms with Crippen molar-refractivity contribution >= 4 is 39.9 Å². The number of hydrogen-bond acceptors (Lipinski definition) is 5. The number of halogens is 1. The molecule has 1 amide bonds. The average molecular weight is 327 g/mol. The van der Waals surface area contributed by atoms with Crippen LogP contribution in [0.1, 0.15) is 0 Å². The van der Waals surface area contributed by atoms with E-state index in [1.165, 1.54) is 11.3 Å². The van der Waals surface area contributed by atoms with Gasteiger partial charge in [-0.3, -0.25) is 4.79 Å². The highest BCUT2D eigenvalue weighted by molar-refractivity contribution is 7.14. The number of nitrogens with one attached hydrogen (secondary N) is 1. The van der Waals surface area contributed by atoms with Crippen molar-refractivity contribution < 1.29 is 19.4 Å². The second kappa shape index (κ2) is 7.05. The largest absolute Gasteiger partial charge is 0.482 e. The summed E-state index contributed by atoms with van der Waals surface area (Å²) in [6.45, 7) is -0.384. The second-order valence-corrected chi connectivity index (χ2v) is 5.05. The molecule has 21 heavy (non-hydrogen) atoms. The van der Waals surface area contributed by atoms with E-state index in [-0.39, 0.29) is 18.4 Å². The second-order valence-electron chi connectivity index (χ2n) is 3.93. The number of alkyl halides is 1. The van der Waals surface area contributed by atoms with E-state index in [0.717, 1.165) is 5.56 Å². The zero-order chi connectivity index (χ0) is 15.2. The first kappa shape index (κ1) is 15.3. The molecule has 0 fully saturated rings. The number of ether oxygens (including phenoxy) is 1. The van der Waals surface area contributed by atoms with Gasteiger partial charge in [-0.25, -0.2) is 9.78 Å². The van der Waals surface area contributed by atoms with Crippen LogP contribution in [-0.2, 0) is 9.59 Å². The lowest BCUT2D eigenvalue weighted by atomic mass is 10.2. The third-order valence-electron chi connectivity index (χ3n) is 2.38. The maximum atomic E-state index is 11.2. The molecular weight excluding hydrogens is 316 g/mol. The summed E-state index contributed by atoms with van der Waals surface area (Å²) in [5, 5.41) is 13.4. The van der Waals surface area contributed by atoms with Crippen LogP contribution in [0.2, 0.25) is 0 Å². The fourth-order valence-corrected chi connectivity index (χ4v) is 2.29. The van der Waals surface area contributed by atoms with Gasteiger partial charge in [0.15, 0.2) is 11.7 Å². The lowest BCUT2D eigenvalue weighted by Crippen LogP contribution is -2.12. The molecule has 1 heterocycles. The molecule has 8 heteroatoms. The van der Waals surface area contributed by atoms with E-state index < -0.39 is 5.97 Å². The lowest BCUT2D eigenvalue weighted by Gasteiger charge is -2.03. The summed E-state index contributed by atoms with van der Waals surface area (Å²) in [4.78, 5) is 25.8. The van der Waals surface area contributed by atoms with Gasteiger partial charge < -0.3 is 15.2 Å². The Labute approximate surface area is 129 Å². The highest BCUT2D eigenvalue weighted by Crippen LogP contribution is 2.26. The topological polar surface area (TPSA) is 88.5 Å². The fraction of sp³-hybridized carbons (Fsp3) is 0.154. The van der Waals surface area contributed by atoms with Crippen LogP contribution in [0.4, 0.5) is 5.13 Å². The Hall–Kier alpha value is -2.12. The molecule has 2 N–H and O–H groups in total. The SMILES string of the molecule is O=C(O)COc1ccc(-c2csc(NC(=O)CCl)n2)cc1. The number of carbonyl (C=O) groups is 2. The van der Waals surface area contributed by atoms with Gasteiger partial charge in [0.05, 0.1) is 5.69 Å². The van der Waals surface area contributed by atoms with Crippen LogP contribution in [0.15, 0.2) is 29.6 Å². The maximum Gasteiger partial charge on any atom is 0.341 e. The van der Waals surface area contributed by atoms with Crippen molar-refractivity contribution in [1.29, 1.82) is 0 Å². The van der Waals surface area contributed by atoms with Crippen molar-refractivity contribution in [2.75, 3.05) is 17.8 Å². The van der Waals surface area contributed by atoms with Crippen LogP contribution in [0.3, 0.4) is 0 Å². The number of carboxylic acid groups (broad SMARTS) is 1. The van der Waals surface area contributed by atoms with Crippen LogP contribution < -0.4 is 10.1 Å². The predicted molar refractivity (Wildman–Crippen MR) is 80.0 cm³/mol. The summed E-state index contributed by atoms with van der Waals surface area (Å²) < 4.78 is 5.04. The summed E-state index contributed by atoms with van der Waals surface area (Å²) in [6, 6.07) is 6.85. The molecule has 0 aliphatic rings. The van der Waals surface area contributed by atoms with Gasteiger partial charge in [0.2, 0.25) is 5.91 Å². The molecule has 1 aromatic carbocycles.